The molecule has 158 valence electrons. The van der Waals surface area contributed by atoms with Crippen molar-refractivity contribution in [3.63, 3.8) is 0 Å². The van der Waals surface area contributed by atoms with E-state index in [-0.39, 0.29) is 5.43 Å². The van der Waals surface area contributed by atoms with Crippen LogP contribution >= 0.6 is 11.3 Å². The molecule has 0 aliphatic heterocycles. The van der Waals surface area contributed by atoms with Crippen LogP contribution in [0.15, 0.2) is 33.0 Å². The van der Waals surface area contributed by atoms with Crippen LogP contribution in [0.25, 0.3) is 21.5 Å². The number of fused-ring (bicyclic) bond motifs is 1. The average Bonchev–Trinajstić information content (AvgIpc) is 3.13. The van der Waals surface area contributed by atoms with Crippen LogP contribution in [0.4, 0.5) is 0 Å². The molecule has 2 atom stereocenters. The molecular formula is C21H22N2O6S. The number of hydrogen-bond donors (Lipinski definition) is 2. The molecule has 0 bridgehead atoms. The van der Waals surface area contributed by atoms with Gasteiger partial charge in [-0.15, -0.1) is 11.3 Å². The molecule has 0 radical (unpaired) electrons. The number of carbonyl (C=O) groups is 2. The molecule has 0 spiro atoms. The van der Waals surface area contributed by atoms with E-state index in [0.717, 1.165) is 11.3 Å². The number of nitrogens with one attached hydrogen (secondary N) is 1. The number of amides is 1. The number of aliphatic carboxylic acids is 1. The van der Waals surface area contributed by atoms with Crippen LogP contribution in [0.5, 0.6) is 5.75 Å². The summed E-state index contributed by atoms with van der Waals surface area (Å²) in [7, 11) is 0. The second kappa shape index (κ2) is 8.66. The maximum Gasteiger partial charge on any atom is 0.325 e. The molecule has 0 saturated heterocycles. The highest BCUT2D eigenvalue weighted by Crippen LogP contribution is 2.29. The smallest absolute Gasteiger partial charge is 0.325 e. The lowest BCUT2D eigenvalue weighted by Gasteiger charge is -2.18. The molecule has 2 N–H and O–H groups in total. The third kappa shape index (κ3) is 4.35. The van der Waals surface area contributed by atoms with Crippen LogP contribution in [0.3, 0.4) is 0 Å². The number of carboxylic acids is 1. The van der Waals surface area contributed by atoms with Crippen molar-refractivity contribution in [2.45, 2.75) is 46.3 Å². The normalized spacial score (nSPS) is 13.1. The van der Waals surface area contributed by atoms with Crippen LogP contribution in [0.1, 0.15) is 32.0 Å². The Labute approximate surface area is 176 Å². The van der Waals surface area contributed by atoms with Crippen molar-refractivity contribution in [3.05, 3.63) is 45.3 Å². The maximum absolute atomic E-state index is 13.0. The largest absolute Gasteiger partial charge is 0.480 e. The van der Waals surface area contributed by atoms with Crippen molar-refractivity contribution >= 4 is 34.2 Å². The molecule has 2 aromatic heterocycles. The quantitative estimate of drug-likeness (QED) is 0.591. The van der Waals surface area contributed by atoms with Gasteiger partial charge in [-0.05, 0) is 38.8 Å². The Morgan fingerprint density at radius 2 is 2.07 bits per heavy atom. The lowest BCUT2D eigenvalue weighted by molar-refractivity contribution is -0.142. The zero-order valence-corrected chi connectivity index (χ0v) is 17.8. The Balaban J connectivity index is 1.94. The minimum atomic E-state index is -1.14. The first-order valence-corrected chi connectivity index (χ1v) is 10.3. The van der Waals surface area contributed by atoms with Gasteiger partial charge in [0.05, 0.1) is 10.9 Å². The highest BCUT2D eigenvalue weighted by molar-refractivity contribution is 7.13. The summed E-state index contributed by atoms with van der Waals surface area (Å²) in [5, 5.41) is 14.2. The Morgan fingerprint density at radius 1 is 1.33 bits per heavy atom. The first-order chi connectivity index (χ1) is 14.2. The molecule has 9 heteroatoms. The van der Waals surface area contributed by atoms with E-state index in [9.17, 15) is 14.4 Å². The summed E-state index contributed by atoms with van der Waals surface area (Å²) < 4.78 is 11.4. The minimum absolute atomic E-state index is 0.187. The predicted octanol–water partition coefficient (Wildman–Crippen LogP) is 3.14. The number of hydrogen-bond acceptors (Lipinski definition) is 7. The van der Waals surface area contributed by atoms with Crippen molar-refractivity contribution in [3.8, 4) is 16.3 Å². The number of rotatable bonds is 7. The zero-order valence-electron chi connectivity index (χ0n) is 17.0. The van der Waals surface area contributed by atoms with Crippen LogP contribution in [0.2, 0.25) is 0 Å². The molecule has 0 aliphatic rings. The third-order valence-electron chi connectivity index (χ3n) is 4.59. The topological polar surface area (TPSA) is 119 Å². The summed E-state index contributed by atoms with van der Waals surface area (Å²) in [4.78, 5) is 40.5. The van der Waals surface area contributed by atoms with Gasteiger partial charge in [0.25, 0.3) is 5.91 Å². The summed E-state index contributed by atoms with van der Waals surface area (Å²) in [6, 6.07) is 2.25. The van der Waals surface area contributed by atoms with Gasteiger partial charge in [0.15, 0.2) is 6.10 Å². The van der Waals surface area contributed by atoms with Gasteiger partial charge in [-0.25, -0.2) is 4.98 Å². The van der Waals surface area contributed by atoms with E-state index in [1.807, 2.05) is 19.2 Å². The SMILES string of the molecule is CCc1cc2c(=O)c(-c3nc(C)cs3)coc2cc1O[C@@H](C)C(=O)N[C@@H](C)C(=O)O. The van der Waals surface area contributed by atoms with E-state index in [0.29, 0.717) is 33.7 Å². The molecule has 0 aliphatic carbocycles. The van der Waals surface area contributed by atoms with Gasteiger partial charge in [0.2, 0.25) is 5.43 Å². The van der Waals surface area contributed by atoms with E-state index < -0.39 is 24.0 Å². The van der Waals surface area contributed by atoms with Crippen molar-refractivity contribution in [1.82, 2.24) is 10.3 Å². The molecule has 2 heterocycles. The van der Waals surface area contributed by atoms with E-state index in [1.54, 1.807) is 12.1 Å². The molecule has 3 rings (SSSR count). The number of nitrogens with zero attached hydrogens (tertiary/aromatic N) is 1. The number of carbonyl (C=O) groups excluding carboxylic acids is 1. The highest BCUT2D eigenvalue weighted by atomic mass is 32.1. The van der Waals surface area contributed by atoms with Crippen LogP contribution in [0, 0.1) is 6.92 Å². The summed E-state index contributed by atoms with van der Waals surface area (Å²) >= 11 is 1.37. The van der Waals surface area contributed by atoms with Crippen molar-refractivity contribution < 1.29 is 23.8 Å². The maximum atomic E-state index is 13.0. The van der Waals surface area contributed by atoms with Crippen LogP contribution in [-0.2, 0) is 16.0 Å². The standard InChI is InChI=1S/C21H22N2O6S/c1-5-13-6-14-17(28-8-15(18(14)24)20-22-10(2)9-30-20)7-16(13)29-12(4)19(25)23-11(3)21(26)27/h6-9,11-12H,5H2,1-4H3,(H,23,25)(H,26,27)/t11-,12-/m0/s1. The molecule has 8 nitrogen and oxygen atoms in total. The molecule has 1 aromatic carbocycles. The number of thiazole rings is 1. The molecule has 0 unspecified atom stereocenters. The summed E-state index contributed by atoms with van der Waals surface area (Å²) in [5.74, 6) is -1.29. The van der Waals surface area contributed by atoms with Gasteiger partial charge < -0.3 is 19.6 Å². The van der Waals surface area contributed by atoms with E-state index >= 15 is 0 Å². The second-order valence-corrected chi connectivity index (χ2v) is 7.77. The lowest BCUT2D eigenvalue weighted by Crippen LogP contribution is -2.44. The van der Waals surface area contributed by atoms with Gasteiger partial charge in [0.1, 0.15) is 28.6 Å². The van der Waals surface area contributed by atoms with Crippen molar-refractivity contribution in [1.29, 1.82) is 0 Å². The molecule has 1 amide bonds. The zero-order chi connectivity index (χ0) is 22.0. The van der Waals surface area contributed by atoms with Gasteiger partial charge in [-0.1, -0.05) is 6.92 Å². The van der Waals surface area contributed by atoms with Crippen molar-refractivity contribution in [2.75, 3.05) is 0 Å². The summed E-state index contributed by atoms with van der Waals surface area (Å²) in [6.45, 7) is 6.66. The predicted molar refractivity (Wildman–Crippen MR) is 113 cm³/mol. The fourth-order valence-electron chi connectivity index (χ4n) is 2.85. The number of benzene rings is 1. The van der Waals surface area contributed by atoms with E-state index in [1.165, 1.54) is 31.4 Å². The Hall–Kier alpha value is -3.20. The lowest BCUT2D eigenvalue weighted by atomic mass is 10.1. The molecule has 0 fully saturated rings. The Bertz CT molecular complexity index is 1170. The second-order valence-electron chi connectivity index (χ2n) is 6.91. The summed E-state index contributed by atoms with van der Waals surface area (Å²) in [6.07, 6.45) is 1.01. The first-order valence-electron chi connectivity index (χ1n) is 9.42. The molecule has 0 saturated carbocycles. The van der Waals surface area contributed by atoms with Gasteiger partial charge >= 0.3 is 5.97 Å². The van der Waals surface area contributed by atoms with E-state index in [2.05, 4.69) is 10.3 Å². The number of carboxylic acid groups (broad SMARTS) is 1. The highest BCUT2D eigenvalue weighted by Gasteiger charge is 2.22. The first kappa shape index (κ1) is 21.5. The van der Waals surface area contributed by atoms with E-state index in [4.69, 9.17) is 14.3 Å². The fraction of sp³-hybridized carbons (Fsp3) is 0.333. The summed E-state index contributed by atoms with van der Waals surface area (Å²) in [5.41, 5.74) is 2.10. The molecular weight excluding hydrogens is 408 g/mol. The minimum Gasteiger partial charge on any atom is -0.480 e. The average molecular weight is 430 g/mol. The van der Waals surface area contributed by atoms with Crippen LogP contribution in [-0.4, -0.2) is 34.1 Å². The van der Waals surface area contributed by atoms with Gasteiger partial charge in [-0.3, -0.25) is 14.4 Å². The van der Waals surface area contributed by atoms with Gasteiger partial charge in [0, 0.05) is 17.1 Å². The van der Waals surface area contributed by atoms with Crippen molar-refractivity contribution in [2.24, 2.45) is 0 Å². The van der Waals surface area contributed by atoms with Gasteiger partial charge in [-0.2, -0.15) is 0 Å². The third-order valence-corrected chi connectivity index (χ3v) is 5.58. The number of aromatic nitrogens is 1. The monoisotopic (exact) mass is 430 g/mol. The molecule has 3 aromatic rings. The Morgan fingerprint density at radius 3 is 2.67 bits per heavy atom. The Kier molecular flexibility index (Phi) is 6.21. The number of ether oxygens (including phenoxy) is 1. The molecule has 30 heavy (non-hydrogen) atoms. The number of aryl methyl sites for hydroxylation is 2. The fourth-order valence-corrected chi connectivity index (χ4v) is 3.65. The van der Waals surface area contributed by atoms with Crippen LogP contribution < -0.4 is 15.5 Å².